The Bertz CT molecular complexity index is 228. The van der Waals surface area contributed by atoms with Gasteiger partial charge in [0.15, 0.2) is 11.9 Å². The Morgan fingerprint density at radius 3 is 2.57 bits per heavy atom. The summed E-state index contributed by atoms with van der Waals surface area (Å²) in [6.45, 7) is 5.67. The third-order valence-electron chi connectivity index (χ3n) is 2.57. The van der Waals surface area contributed by atoms with Crippen LogP contribution in [0.2, 0.25) is 0 Å². The lowest BCUT2D eigenvalue weighted by Gasteiger charge is -2.02. The molecule has 0 spiro atoms. The standard InChI is InChI=1S/C13H22N/c1-3-5-9-13-10-7-8-12-14(13)11-6-4-2/h7-8,10,12H,3-6,9,11H2,1-2H3/q+1. The van der Waals surface area contributed by atoms with Gasteiger partial charge in [-0.2, -0.15) is 0 Å². The molecule has 0 aliphatic carbocycles. The average molecular weight is 192 g/mol. The van der Waals surface area contributed by atoms with Crippen molar-refractivity contribution >= 4 is 0 Å². The molecule has 0 fully saturated rings. The molecule has 0 unspecified atom stereocenters. The summed E-state index contributed by atoms with van der Waals surface area (Å²) in [5.41, 5.74) is 1.49. The molecule has 0 aliphatic heterocycles. The van der Waals surface area contributed by atoms with Gasteiger partial charge in [0.25, 0.3) is 0 Å². The van der Waals surface area contributed by atoms with E-state index >= 15 is 0 Å². The molecule has 78 valence electrons. The predicted molar refractivity (Wildman–Crippen MR) is 60.2 cm³/mol. The molecule has 0 N–H and O–H groups in total. The van der Waals surface area contributed by atoms with Gasteiger partial charge in [-0.25, -0.2) is 4.57 Å². The van der Waals surface area contributed by atoms with Crippen molar-refractivity contribution in [3.8, 4) is 0 Å². The molecule has 0 saturated carbocycles. The molecule has 1 heterocycles. The lowest BCUT2D eigenvalue weighted by Crippen LogP contribution is -2.37. The van der Waals surface area contributed by atoms with Crippen molar-refractivity contribution in [1.29, 1.82) is 0 Å². The third kappa shape index (κ3) is 3.49. The van der Waals surface area contributed by atoms with E-state index in [2.05, 4.69) is 42.8 Å². The first-order valence-corrected chi connectivity index (χ1v) is 5.85. The maximum absolute atomic E-state index is 2.40. The topological polar surface area (TPSA) is 3.88 Å². The van der Waals surface area contributed by atoms with Gasteiger partial charge >= 0.3 is 0 Å². The van der Waals surface area contributed by atoms with Gasteiger partial charge in [-0.1, -0.05) is 32.8 Å². The molecule has 0 bridgehead atoms. The fraction of sp³-hybridized carbons (Fsp3) is 0.615. The van der Waals surface area contributed by atoms with Crippen LogP contribution in [0.25, 0.3) is 0 Å². The van der Waals surface area contributed by atoms with Crippen LogP contribution in [0.3, 0.4) is 0 Å². The first-order chi connectivity index (χ1) is 6.88. The fourth-order valence-electron chi connectivity index (χ4n) is 1.64. The number of aryl methyl sites for hydroxylation is 2. The SMILES string of the molecule is CCCCc1cccc[n+]1CCCC. The minimum atomic E-state index is 1.18. The van der Waals surface area contributed by atoms with E-state index in [-0.39, 0.29) is 0 Å². The largest absolute Gasteiger partial charge is 0.202 e. The fourth-order valence-corrected chi connectivity index (χ4v) is 1.64. The highest BCUT2D eigenvalue weighted by Crippen LogP contribution is 2.00. The summed E-state index contributed by atoms with van der Waals surface area (Å²) in [5, 5.41) is 0. The van der Waals surface area contributed by atoms with E-state index in [9.17, 15) is 0 Å². The molecular weight excluding hydrogens is 170 g/mol. The van der Waals surface area contributed by atoms with Crippen LogP contribution in [0.15, 0.2) is 24.4 Å². The highest BCUT2D eigenvalue weighted by Gasteiger charge is 2.07. The minimum absolute atomic E-state index is 1.18. The number of nitrogens with zero attached hydrogens (tertiary/aromatic N) is 1. The lowest BCUT2D eigenvalue weighted by molar-refractivity contribution is -0.704. The number of pyridine rings is 1. The number of rotatable bonds is 6. The molecule has 1 heteroatoms. The molecule has 0 radical (unpaired) electrons. The monoisotopic (exact) mass is 192 g/mol. The first-order valence-electron chi connectivity index (χ1n) is 5.85. The van der Waals surface area contributed by atoms with Crippen molar-refractivity contribution in [1.82, 2.24) is 0 Å². The molecule has 0 atom stereocenters. The van der Waals surface area contributed by atoms with E-state index in [1.54, 1.807) is 0 Å². The van der Waals surface area contributed by atoms with Gasteiger partial charge in [0.1, 0.15) is 6.54 Å². The highest BCUT2D eigenvalue weighted by molar-refractivity contribution is 4.97. The van der Waals surface area contributed by atoms with Crippen LogP contribution < -0.4 is 4.57 Å². The van der Waals surface area contributed by atoms with E-state index in [1.165, 1.54) is 44.3 Å². The Morgan fingerprint density at radius 2 is 1.86 bits per heavy atom. The van der Waals surface area contributed by atoms with Gasteiger partial charge in [-0.3, -0.25) is 0 Å². The smallest absolute Gasteiger partial charge is 0.181 e. The molecule has 1 aromatic rings. The number of hydrogen-bond acceptors (Lipinski definition) is 0. The molecule has 1 nitrogen and oxygen atoms in total. The molecule has 0 saturated heterocycles. The summed E-state index contributed by atoms with van der Waals surface area (Å²) in [6.07, 6.45) is 8.57. The van der Waals surface area contributed by atoms with Gasteiger partial charge in [-0.15, -0.1) is 0 Å². The number of unbranched alkanes of at least 4 members (excludes halogenated alkanes) is 2. The van der Waals surface area contributed by atoms with E-state index in [1.807, 2.05) is 0 Å². The van der Waals surface area contributed by atoms with Crippen molar-refractivity contribution in [3.05, 3.63) is 30.1 Å². The van der Waals surface area contributed by atoms with Crippen LogP contribution in [0.4, 0.5) is 0 Å². The van der Waals surface area contributed by atoms with E-state index < -0.39 is 0 Å². The summed E-state index contributed by atoms with van der Waals surface area (Å²) in [6, 6.07) is 6.53. The Balaban J connectivity index is 2.60. The van der Waals surface area contributed by atoms with Gasteiger partial charge < -0.3 is 0 Å². The summed E-state index contributed by atoms with van der Waals surface area (Å²) >= 11 is 0. The Hall–Kier alpha value is -0.850. The Morgan fingerprint density at radius 1 is 1.07 bits per heavy atom. The summed E-state index contributed by atoms with van der Waals surface area (Å²) in [5.74, 6) is 0. The molecule has 1 aromatic heterocycles. The van der Waals surface area contributed by atoms with Crippen molar-refractivity contribution in [2.75, 3.05) is 0 Å². The van der Waals surface area contributed by atoms with Crippen LogP contribution in [0, 0.1) is 0 Å². The van der Waals surface area contributed by atoms with Crippen LogP contribution in [0.1, 0.15) is 45.2 Å². The van der Waals surface area contributed by atoms with Crippen LogP contribution in [0.5, 0.6) is 0 Å². The number of aromatic nitrogens is 1. The number of hydrogen-bond donors (Lipinski definition) is 0. The summed E-state index contributed by atoms with van der Waals surface area (Å²) < 4.78 is 2.40. The quantitative estimate of drug-likeness (QED) is 0.610. The molecular formula is C13H22N+. The van der Waals surface area contributed by atoms with Crippen molar-refractivity contribution in [2.24, 2.45) is 0 Å². The van der Waals surface area contributed by atoms with Crippen LogP contribution in [-0.2, 0) is 13.0 Å². The minimum Gasteiger partial charge on any atom is -0.202 e. The van der Waals surface area contributed by atoms with Gasteiger partial charge in [-0.05, 0) is 6.42 Å². The van der Waals surface area contributed by atoms with E-state index in [0.717, 1.165) is 0 Å². The summed E-state index contributed by atoms with van der Waals surface area (Å²) in [4.78, 5) is 0. The Kier molecular flexibility index (Phi) is 5.28. The highest BCUT2D eigenvalue weighted by atomic mass is 14.9. The van der Waals surface area contributed by atoms with Crippen molar-refractivity contribution in [3.63, 3.8) is 0 Å². The Labute approximate surface area is 87.8 Å². The first kappa shape index (κ1) is 11.2. The second-order valence-electron chi connectivity index (χ2n) is 3.84. The van der Waals surface area contributed by atoms with Crippen LogP contribution in [-0.4, -0.2) is 0 Å². The molecule has 0 amide bonds. The van der Waals surface area contributed by atoms with E-state index in [4.69, 9.17) is 0 Å². The normalized spacial score (nSPS) is 10.4. The van der Waals surface area contributed by atoms with Gasteiger partial charge in [0.2, 0.25) is 0 Å². The molecule has 14 heavy (non-hydrogen) atoms. The molecule has 0 aliphatic rings. The molecule has 1 rings (SSSR count). The zero-order valence-electron chi connectivity index (χ0n) is 9.50. The maximum Gasteiger partial charge on any atom is 0.181 e. The summed E-state index contributed by atoms with van der Waals surface area (Å²) in [7, 11) is 0. The van der Waals surface area contributed by atoms with Crippen LogP contribution >= 0.6 is 0 Å². The van der Waals surface area contributed by atoms with E-state index in [0.29, 0.717) is 0 Å². The second-order valence-corrected chi connectivity index (χ2v) is 3.84. The third-order valence-corrected chi connectivity index (χ3v) is 2.57. The zero-order chi connectivity index (χ0) is 10.2. The van der Waals surface area contributed by atoms with Gasteiger partial charge in [0, 0.05) is 25.0 Å². The zero-order valence-corrected chi connectivity index (χ0v) is 9.50. The molecule has 0 aromatic carbocycles. The predicted octanol–water partition coefficient (Wildman–Crippen LogP) is 3.12. The lowest BCUT2D eigenvalue weighted by atomic mass is 10.2. The van der Waals surface area contributed by atoms with Crippen molar-refractivity contribution in [2.45, 2.75) is 52.5 Å². The van der Waals surface area contributed by atoms with Crippen molar-refractivity contribution < 1.29 is 4.57 Å². The second kappa shape index (κ2) is 6.58. The van der Waals surface area contributed by atoms with Gasteiger partial charge in [0.05, 0.1) is 0 Å². The average Bonchev–Trinajstić information content (AvgIpc) is 2.24. The maximum atomic E-state index is 2.40.